The van der Waals surface area contributed by atoms with E-state index in [1.165, 1.54) is 6.21 Å². The summed E-state index contributed by atoms with van der Waals surface area (Å²) in [6.07, 6.45) is 1.37. The van der Waals surface area contributed by atoms with E-state index < -0.39 is 11.8 Å². The van der Waals surface area contributed by atoms with Gasteiger partial charge < -0.3 is 20.1 Å². The van der Waals surface area contributed by atoms with Crippen LogP contribution in [0.2, 0.25) is 0 Å². The lowest BCUT2D eigenvalue weighted by atomic mass is 10.1. The van der Waals surface area contributed by atoms with E-state index in [1.54, 1.807) is 18.2 Å². The number of hydrazone groups is 1. The van der Waals surface area contributed by atoms with E-state index in [1.807, 2.05) is 64.1 Å². The summed E-state index contributed by atoms with van der Waals surface area (Å²) >= 11 is 3.40. The van der Waals surface area contributed by atoms with Gasteiger partial charge in [-0.15, -0.1) is 0 Å². The zero-order valence-electron chi connectivity index (χ0n) is 21.6. The number of benzene rings is 3. The van der Waals surface area contributed by atoms with Gasteiger partial charge in [-0.25, -0.2) is 5.43 Å². The predicted molar refractivity (Wildman–Crippen MR) is 151 cm³/mol. The summed E-state index contributed by atoms with van der Waals surface area (Å²) in [4.78, 5) is 36.8. The van der Waals surface area contributed by atoms with Gasteiger partial charge in [0.15, 0.2) is 18.1 Å². The topological polar surface area (TPSA) is 118 Å². The van der Waals surface area contributed by atoms with Gasteiger partial charge in [-0.3, -0.25) is 14.4 Å². The zero-order chi connectivity index (χ0) is 27.7. The highest BCUT2D eigenvalue weighted by Gasteiger charge is 2.15. The second-order valence-electron chi connectivity index (χ2n) is 8.36. The molecule has 0 aliphatic rings. The standard InChI is InChI=1S/C28H29BrN4O5/c1-5-37-24-14-20(15-30-33-28(36)27(35)32-26-17(2)7-6-8-18(26)3)9-12-23(24)38-16-25(34)31-22-11-10-21(29)13-19(22)4/h6-15H,5,16H2,1-4H3,(H,31,34)(H,32,35)(H,33,36)/b30-15-. The van der Waals surface area contributed by atoms with Crippen LogP contribution in [-0.4, -0.2) is 37.1 Å². The smallest absolute Gasteiger partial charge is 0.329 e. The Labute approximate surface area is 229 Å². The Morgan fingerprint density at radius 3 is 2.29 bits per heavy atom. The molecule has 0 heterocycles. The molecule has 0 aromatic heterocycles. The number of para-hydroxylation sites is 1. The van der Waals surface area contributed by atoms with E-state index in [2.05, 4.69) is 37.1 Å². The summed E-state index contributed by atoms with van der Waals surface area (Å²) < 4.78 is 12.2. The number of nitrogens with one attached hydrogen (secondary N) is 3. The van der Waals surface area contributed by atoms with Crippen LogP contribution in [-0.2, 0) is 14.4 Å². The van der Waals surface area contributed by atoms with Crippen LogP contribution in [0.1, 0.15) is 29.2 Å². The summed E-state index contributed by atoms with van der Waals surface area (Å²) in [5.74, 6) is -1.26. The summed E-state index contributed by atoms with van der Waals surface area (Å²) in [6.45, 7) is 7.57. The van der Waals surface area contributed by atoms with Gasteiger partial charge in [0, 0.05) is 15.8 Å². The van der Waals surface area contributed by atoms with Crippen LogP contribution >= 0.6 is 15.9 Å². The van der Waals surface area contributed by atoms with Crippen molar-refractivity contribution in [1.82, 2.24) is 5.43 Å². The normalized spacial score (nSPS) is 10.7. The molecule has 198 valence electrons. The average molecular weight is 581 g/mol. The van der Waals surface area contributed by atoms with Crippen LogP contribution in [0.5, 0.6) is 11.5 Å². The fourth-order valence-electron chi connectivity index (χ4n) is 3.49. The Balaban J connectivity index is 1.58. The highest BCUT2D eigenvalue weighted by atomic mass is 79.9. The van der Waals surface area contributed by atoms with E-state index >= 15 is 0 Å². The first-order chi connectivity index (χ1) is 18.2. The number of halogens is 1. The van der Waals surface area contributed by atoms with Crippen molar-refractivity contribution >= 4 is 51.2 Å². The zero-order valence-corrected chi connectivity index (χ0v) is 23.1. The van der Waals surface area contributed by atoms with E-state index in [0.29, 0.717) is 35.0 Å². The molecule has 0 radical (unpaired) electrons. The molecule has 0 saturated carbocycles. The van der Waals surface area contributed by atoms with Gasteiger partial charge >= 0.3 is 11.8 Å². The maximum atomic E-state index is 12.4. The van der Waals surface area contributed by atoms with E-state index in [9.17, 15) is 14.4 Å². The summed E-state index contributed by atoms with van der Waals surface area (Å²) in [6, 6.07) is 16.1. The lowest BCUT2D eigenvalue weighted by Crippen LogP contribution is -2.32. The van der Waals surface area contributed by atoms with E-state index in [-0.39, 0.29) is 12.5 Å². The molecular weight excluding hydrogens is 552 g/mol. The third kappa shape index (κ3) is 7.91. The van der Waals surface area contributed by atoms with Crippen molar-refractivity contribution in [3.63, 3.8) is 0 Å². The minimum atomic E-state index is -0.902. The highest BCUT2D eigenvalue weighted by molar-refractivity contribution is 9.10. The maximum absolute atomic E-state index is 12.4. The molecule has 0 fully saturated rings. The van der Waals surface area contributed by atoms with Crippen molar-refractivity contribution in [3.8, 4) is 11.5 Å². The van der Waals surface area contributed by atoms with Gasteiger partial charge in [0.2, 0.25) is 0 Å². The van der Waals surface area contributed by atoms with Crippen LogP contribution in [0.15, 0.2) is 64.2 Å². The molecule has 3 aromatic carbocycles. The molecule has 0 unspecified atom stereocenters. The molecule has 3 aromatic rings. The first kappa shape index (κ1) is 28.4. The van der Waals surface area contributed by atoms with Gasteiger partial charge in [0.1, 0.15) is 0 Å². The van der Waals surface area contributed by atoms with Gasteiger partial charge in [-0.1, -0.05) is 34.1 Å². The van der Waals surface area contributed by atoms with Gasteiger partial charge in [0.25, 0.3) is 5.91 Å². The SMILES string of the molecule is CCOc1cc(/C=N\NC(=O)C(=O)Nc2c(C)cccc2C)ccc1OCC(=O)Nc1ccc(Br)cc1C. The molecule has 0 atom stereocenters. The minimum absolute atomic E-state index is 0.214. The maximum Gasteiger partial charge on any atom is 0.329 e. The highest BCUT2D eigenvalue weighted by Crippen LogP contribution is 2.28. The minimum Gasteiger partial charge on any atom is -0.490 e. The van der Waals surface area contributed by atoms with Crippen LogP contribution in [0.25, 0.3) is 0 Å². The van der Waals surface area contributed by atoms with Crippen LogP contribution in [0, 0.1) is 20.8 Å². The Bertz CT molecular complexity index is 1350. The number of nitrogens with zero attached hydrogens (tertiary/aromatic N) is 1. The Kier molecular flexibility index (Phi) is 10.0. The summed E-state index contributed by atoms with van der Waals surface area (Å²) in [5.41, 5.74) is 6.71. The molecule has 0 aliphatic carbocycles. The van der Waals surface area contributed by atoms with Crippen LogP contribution in [0.4, 0.5) is 11.4 Å². The fraction of sp³-hybridized carbons (Fsp3) is 0.214. The predicted octanol–water partition coefficient (Wildman–Crippen LogP) is 4.88. The Hall–Kier alpha value is -4.18. The number of aryl methyl sites for hydroxylation is 3. The molecule has 0 spiro atoms. The molecule has 3 rings (SSSR count). The van der Waals surface area contributed by atoms with Crippen molar-refractivity contribution in [3.05, 3.63) is 81.3 Å². The molecule has 0 aliphatic heterocycles. The number of ether oxygens (including phenoxy) is 2. The lowest BCUT2D eigenvalue weighted by Gasteiger charge is -2.13. The number of rotatable bonds is 9. The third-order valence-corrected chi connectivity index (χ3v) is 5.89. The quantitative estimate of drug-likeness (QED) is 0.189. The van der Waals surface area contributed by atoms with Crippen LogP contribution in [0.3, 0.4) is 0 Å². The second kappa shape index (κ2) is 13.4. The third-order valence-electron chi connectivity index (χ3n) is 5.39. The molecule has 3 N–H and O–H groups in total. The fourth-order valence-corrected chi connectivity index (χ4v) is 3.96. The summed E-state index contributed by atoms with van der Waals surface area (Å²) in [7, 11) is 0. The largest absolute Gasteiger partial charge is 0.490 e. The molecule has 38 heavy (non-hydrogen) atoms. The number of anilines is 2. The first-order valence-electron chi connectivity index (χ1n) is 11.8. The molecule has 3 amide bonds. The molecule has 10 heteroatoms. The van der Waals surface area contributed by atoms with Crippen LogP contribution < -0.4 is 25.5 Å². The summed E-state index contributed by atoms with van der Waals surface area (Å²) in [5, 5.41) is 9.29. The van der Waals surface area contributed by atoms with E-state index in [0.717, 1.165) is 21.2 Å². The number of carbonyl (C=O) groups excluding carboxylic acids is 3. The number of hydrogen-bond donors (Lipinski definition) is 3. The van der Waals surface area contributed by atoms with Crippen molar-refractivity contribution in [2.24, 2.45) is 5.10 Å². The number of carbonyl (C=O) groups is 3. The lowest BCUT2D eigenvalue weighted by molar-refractivity contribution is -0.136. The average Bonchev–Trinajstić information content (AvgIpc) is 2.87. The monoisotopic (exact) mass is 580 g/mol. The van der Waals surface area contributed by atoms with Crippen molar-refractivity contribution in [2.75, 3.05) is 23.8 Å². The van der Waals surface area contributed by atoms with E-state index in [4.69, 9.17) is 9.47 Å². The molecule has 0 bridgehead atoms. The van der Waals surface area contributed by atoms with Crippen molar-refractivity contribution < 1.29 is 23.9 Å². The number of amides is 3. The van der Waals surface area contributed by atoms with Crippen molar-refractivity contribution in [1.29, 1.82) is 0 Å². The van der Waals surface area contributed by atoms with Gasteiger partial charge in [-0.05, 0) is 86.3 Å². The van der Waals surface area contributed by atoms with Gasteiger partial charge in [0.05, 0.1) is 12.8 Å². The molecular formula is C28H29BrN4O5. The van der Waals surface area contributed by atoms with Gasteiger partial charge in [-0.2, -0.15) is 5.10 Å². The first-order valence-corrected chi connectivity index (χ1v) is 12.6. The molecule has 9 nitrogen and oxygen atoms in total. The second-order valence-corrected chi connectivity index (χ2v) is 9.27. The Morgan fingerprint density at radius 2 is 1.61 bits per heavy atom. The Morgan fingerprint density at radius 1 is 0.868 bits per heavy atom. The molecule has 0 saturated heterocycles. The number of hydrogen-bond acceptors (Lipinski definition) is 6. The van der Waals surface area contributed by atoms with Crippen molar-refractivity contribution in [2.45, 2.75) is 27.7 Å².